The van der Waals surface area contributed by atoms with Crippen molar-refractivity contribution in [3.05, 3.63) is 29.8 Å². The molecule has 0 radical (unpaired) electrons. The molecule has 0 aliphatic carbocycles. The molecular formula is C10H9ClN2O2. The minimum Gasteiger partial charge on any atom is -0.273 e. The molecule has 0 bridgehead atoms. The van der Waals surface area contributed by atoms with Gasteiger partial charge in [-0.1, -0.05) is 12.1 Å². The number of hydrogen-bond donors (Lipinski definition) is 0. The average Bonchev–Trinajstić information content (AvgIpc) is 2.21. The molecule has 4 nitrogen and oxygen atoms in total. The molecule has 0 unspecified atom stereocenters. The molecule has 5 heteroatoms. The average molecular weight is 225 g/mol. The highest BCUT2D eigenvalue weighted by molar-refractivity contribution is 6.21. The Hall–Kier alpha value is -1.64. The summed E-state index contributed by atoms with van der Waals surface area (Å²) < 4.78 is 1.01. The Morgan fingerprint density at radius 1 is 1.47 bits per heavy atom. The Morgan fingerprint density at radius 3 is 2.53 bits per heavy atom. The lowest BCUT2D eigenvalue weighted by atomic mass is 10.1. The van der Waals surface area contributed by atoms with Crippen molar-refractivity contribution >= 4 is 29.5 Å². The van der Waals surface area contributed by atoms with Crippen molar-refractivity contribution in [3.63, 3.8) is 0 Å². The van der Waals surface area contributed by atoms with Crippen LogP contribution in [0.3, 0.4) is 0 Å². The summed E-state index contributed by atoms with van der Waals surface area (Å²) in [6.07, 6.45) is 1.67. The van der Waals surface area contributed by atoms with Crippen LogP contribution < -0.4 is 0 Å². The standard InChI is InChI=1S/C10H9ClN2O2/c1-13(11)10(15)6-8-2-4-9(5-3-8)12-7-14/h2-5H,6H2,1H3. The fourth-order valence-electron chi connectivity index (χ4n) is 1.02. The van der Waals surface area contributed by atoms with Gasteiger partial charge in [-0.3, -0.25) is 9.21 Å². The van der Waals surface area contributed by atoms with E-state index in [1.165, 1.54) is 13.1 Å². The monoisotopic (exact) mass is 224 g/mol. The number of isocyanates is 1. The number of benzene rings is 1. The van der Waals surface area contributed by atoms with Gasteiger partial charge in [-0.05, 0) is 17.7 Å². The summed E-state index contributed by atoms with van der Waals surface area (Å²) in [4.78, 5) is 24.6. The van der Waals surface area contributed by atoms with Crippen molar-refractivity contribution in [2.24, 2.45) is 4.99 Å². The molecule has 1 aromatic rings. The number of rotatable bonds is 3. The second-order valence-electron chi connectivity index (χ2n) is 2.92. The summed E-state index contributed by atoms with van der Waals surface area (Å²) in [5.74, 6) is -0.191. The third kappa shape index (κ3) is 3.54. The van der Waals surface area contributed by atoms with Gasteiger partial charge in [-0.2, -0.15) is 4.99 Å². The van der Waals surface area contributed by atoms with Crippen LogP contribution >= 0.6 is 11.8 Å². The number of aliphatic imine (C=N–C) groups is 1. The summed E-state index contributed by atoms with van der Waals surface area (Å²) in [5.41, 5.74) is 1.33. The van der Waals surface area contributed by atoms with E-state index in [9.17, 15) is 9.59 Å². The Morgan fingerprint density at radius 2 is 2.07 bits per heavy atom. The van der Waals surface area contributed by atoms with Crippen LogP contribution in [-0.2, 0) is 16.0 Å². The second-order valence-corrected chi connectivity index (χ2v) is 3.42. The third-order valence-electron chi connectivity index (χ3n) is 1.81. The molecule has 0 aliphatic rings. The number of carbonyl (C=O) groups is 1. The summed E-state index contributed by atoms with van der Waals surface area (Å²) in [7, 11) is 1.48. The van der Waals surface area contributed by atoms with Gasteiger partial charge in [0.1, 0.15) is 0 Å². The zero-order valence-electron chi connectivity index (χ0n) is 8.11. The summed E-state index contributed by atoms with van der Waals surface area (Å²) >= 11 is 5.47. The maximum absolute atomic E-state index is 11.2. The van der Waals surface area contributed by atoms with Gasteiger partial charge < -0.3 is 0 Å². The zero-order valence-corrected chi connectivity index (χ0v) is 8.86. The summed E-state index contributed by atoms with van der Waals surface area (Å²) in [6.45, 7) is 0. The second kappa shape index (κ2) is 5.29. The molecule has 0 atom stereocenters. The Bertz CT molecular complexity index is 394. The van der Waals surface area contributed by atoms with Crippen LogP contribution in [0, 0.1) is 0 Å². The largest absolute Gasteiger partial charge is 0.273 e. The number of hydrogen-bond acceptors (Lipinski definition) is 3. The van der Waals surface area contributed by atoms with Crippen LogP contribution in [0.2, 0.25) is 0 Å². The van der Waals surface area contributed by atoms with Crippen molar-refractivity contribution in [2.75, 3.05) is 7.05 Å². The van der Waals surface area contributed by atoms with E-state index in [1.807, 2.05) is 0 Å². The quantitative estimate of drug-likeness (QED) is 0.447. The first-order valence-corrected chi connectivity index (χ1v) is 4.56. The van der Waals surface area contributed by atoms with Crippen LogP contribution in [0.15, 0.2) is 29.3 Å². The molecular weight excluding hydrogens is 216 g/mol. The highest BCUT2D eigenvalue weighted by atomic mass is 35.5. The summed E-state index contributed by atoms with van der Waals surface area (Å²) in [6, 6.07) is 6.71. The first-order valence-electron chi connectivity index (χ1n) is 4.22. The lowest BCUT2D eigenvalue weighted by Gasteiger charge is -2.06. The van der Waals surface area contributed by atoms with E-state index in [1.54, 1.807) is 24.3 Å². The van der Waals surface area contributed by atoms with Gasteiger partial charge in [0.15, 0.2) is 0 Å². The van der Waals surface area contributed by atoms with Crippen molar-refractivity contribution in [3.8, 4) is 0 Å². The van der Waals surface area contributed by atoms with E-state index >= 15 is 0 Å². The van der Waals surface area contributed by atoms with Crippen LogP contribution in [0.4, 0.5) is 5.69 Å². The van der Waals surface area contributed by atoms with Crippen LogP contribution in [0.5, 0.6) is 0 Å². The van der Waals surface area contributed by atoms with Gasteiger partial charge in [-0.25, -0.2) is 4.79 Å². The maximum Gasteiger partial charge on any atom is 0.241 e. The van der Waals surface area contributed by atoms with Crippen molar-refractivity contribution in [1.29, 1.82) is 0 Å². The lowest BCUT2D eigenvalue weighted by Crippen LogP contribution is -2.18. The van der Waals surface area contributed by atoms with Crippen LogP contribution in [0.25, 0.3) is 0 Å². The molecule has 0 fully saturated rings. The van der Waals surface area contributed by atoms with E-state index in [-0.39, 0.29) is 12.3 Å². The number of carbonyl (C=O) groups excluding carboxylic acids is 2. The molecule has 0 N–H and O–H groups in total. The van der Waals surface area contributed by atoms with Gasteiger partial charge in [0.05, 0.1) is 12.1 Å². The molecule has 0 saturated carbocycles. The minimum atomic E-state index is -0.191. The van der Waals surface area contributed by atoms with Crippen molar-refractivity contribution in [1.82, 2.24) is 4.42 Å². The number of nitrogens with zero attached hydrogens (tertiary/aromatic N) is 2. The summed E-state index contributed by atoms with van der Waals surface area (Å²) in [5, 5.41) is 0. The van der Waals surface area contributed by atoms with Gasteiger partial charge in [-0.15, -0.1) is 0 Å². The molecule has 0 heterocycles. The molecule has 0 spiro atoms. The molecule has 78 valence electrons. The smallest absolute Gasteiger partial charge is 0.241 e. The Labute approximate surface area is 92.3 Å². The molecule has 1 rings (SSSR count). The highest BCUT2D eigenvalue weighted by Gasteiger charge is 2.06. The van der Waals surface area contributed by atoms with Crippen molar-refractivity contribution in [2.45, 2.75) is 6.42 Å². The third-order valence-corrected chi connectivity index (χ3v) is 2.00. The first kappa shape index (κ1) is 11.4. The molecule has 0 aliphatic heterocycles. The Kier molecular flexibility index (Phi) is 4.03. The lowest BCUT2D eigenvalue weighted by molar-refractivity contribution is -0.125. The van der Waals surface area contributed by atoms with E-state index in [0.717, 1.165) is 9.98 Å². The topological polar surface area (TPSA) is 49.7 Å². The van der Waals surface area contributed by atoms with Gasteiger partial charge in [0, 0.05) is 18.8 Å². The normalized spacial score (nSPS) is 9.20. The molecule has 0 aromatic heterocycles. The minimum absolute atomic E-state index is 0.191. The van der Waals surface area contributed by atoms with Gasteiger partial charge >= 0.3 is 0 Å². The first-order chi connectivity index (χ1) is 7.13. The molecule has 0 saturated heterocycles. The van der Waals surface area contributed by atoms with Crippen molar-refractivity contribution < 1.29 is 9.59 Å². The SMILES string of the molecule is CN(Cl)C(=O)Cc1ccc(N=C=O)cc1. The van der Waals surface area contributed by atoms with E-state index in [4.69, 9.17) is 11.8 Å². The molecule has 15 heavy (non-hydrogen) atoms. The number of amides is 1. The predicted octanol–water partition coefficient (Wildman–Crippen LogP) is 1.81. The fraction of sp³-hybridized carbons (Fsp3) is 0.200. The van der Waals surface area contributed by atoms with Crippen LogP contribution in [-0.4, -0.2) is 23.5 Å². The molecule has 1 aromatic carbocycles. The van der Waals surface area contributed by atoms with E-state index in [0.29, 0.717) is 5.69 Å². The van der Waals surface area contributed by atoms with Gasteiger partial charge in [0.2, 0.25) is 12.0 Å². The van der Waals surface area contributed by atoms with E-state index < -0.39 is 0 Å². The highest BCUT2D eigenvalue weighted by Crippen LogP contribution is 2.13. The van der Waals surface area contributed by atoms with Gasteiger partial charge in [0.25, 0.3) is 0 Å². The molecule has 1 amide bonds. The predicted molar refractivity (Wildman–Crippen MR) is 56.6 cm³/mol. The maximum atomic E-state index is 11.2. The number of halogens is 1. The van der Waals surface area contributed by atoms with E-state index in [2.05, 4.69) is 4.99 Å². The fourth-order valence-corrected chi connectivity index (χ4v) is 1.08. The number of likely N-dealkylation sites (N-methyl/N-ethyl adjacent to an activating group) is 1. The Balaban J connectivity index is 2.72. The zero-order chi connectivity index (χ0) is 11.3. The van der Waals surface area contributed by atoms with Crippen LogP contribution in [0.1, 0.15) is 5.56 Å².